The fourth-order valence-electron chi connectivity index (χ4n) is 1.54. The molecule has 1 N–H and O–H groups in total. The number of aliphatic hydroxyl groups excluding tert-OH is 1. The molecule has 0 radical (unpaired) electrons. The monoisotopic (exact) mass is 292 g/mol. The van der Waals surface area contributed by atoms with E-state index in [4.69, 9.17) is 16.3 Å². The number of aliphatic hydroxyl groups is 1. The number of hydrogen-bond acceptors (Lipinski definition) is 4. The van der Waals surface area contributed by atoms with Crippen molar-refractivity contribution in [2.75, 3.05) is 12.9 Å². The van der Waals surface area contributed by atoms with Gasteiger partial charge in [0.15, 0.2) is 14.0 Å². The molecule has 2 atom stereocenters. The number of hydrogen-bond donors (Lipinski definition) is 1. The summed E-state index contributed by atoms with van der Waals surface area (Å²) in [5.41, 5.74) is 0.435. The molecule has 0 fully saturated rings. The van der Waals surface area contributed by atoms with Crippen molar-refractivity contribution in [2.24, 2.45) is 0 Å². The van der Waals surface area contributed by atoms with E-state index in [9.17, 15) is 13.5 Å². The molecule has 0 heterocycles. The molecule has 18 heavy (non-hydrogen) atoms. The van der Waals surface area contributed by atoms with Gasteiger partial charge in [-0.25, -0.2) is 8.42 Å². The molecule has 0 aromatic heterocycles. The molecular formula is C12H17ClO4S. The molecule has 0 saturated carbocycles. The predicted molar refractivity (Wildman–Crippen MR) is 71.7 cm³/mol. The number of halogens is 1. The average Bonchev–Trinajstić information content (AvgIpc) is 2.37. The zero-order chi connectivity index (χ0) is 14.0. The number of rotatable bonds is 5. The topological polar surface area (TPSA) is 63.6 Å². The molecule has 1 rings (SSSR count). The van der Waals surface area contributed by atoms with E-state index in [-0.39, 0.29) is 5.75 Å². The molecule has 0 aliphatic carbocycles. The minimum atomic E-state index is -3.58. The van der Waals surface area contributed by atoms with Crippen molar-refractivity contribution < 1.29 is 18.3 Å². The number of sulfone groups is 1. The van der Waals surface area contributed by atoms with Gasteiger partial charge in [0.25, 0.3) is 0 Å². The molecule has 0 unspecified atom stereocenters. The minimum absolute atomic E-state index is 0.125. The first-order valence-corrected chi connectivity index (χ1v) is 7.52. The standard InChI is InChI=1S/C12H17ClO4S/c1-4-18(15,16)12(2,13)11(14)9-5-7-10(17-3)8-6-9/h5-8,11,14H,4H2,1-3H3/t11-,12-/m1/s1. The molecule has 4 nitrogen and oxygen atoms in total. The molecule has 1 aromatic rings. The Morgan fingerprint density at radius 2 is 1.89 bits per heavy atom. The van der Waals surface area contributed by atoms with Gasteiger partial charge in [0.2, 0.25) is 0 Å². The van der Waals surface area contributed by atoms with E-state index >= 15 is 0 Å². The highest BCUT2D eigenvalue weighted by Gasteiger charge is 2.43. The molecule has 0 aliphatic heterocycles. The van der Waals surface area contributed by atoms with E-state index in [0.29, 0.717) is 11.3 Å². The van der Waals surface area contributed by atoms with Crippen molar-refractivity contribution in [1.29, 1.82) is 0 Å². The lowest BCUT2D eigenvalue weighted by atomic mass is 10.1. The van der Waals surface area contributed by atoms with Crippen LogP contribution < -0.4 is 4.74 Å². The molecular weight excluding hydrogens is 276 g/mol. The van der Waals surface area contributed by atoms with Crippen LogP contribution in [0.5, 0.6) is 5.75 Å². The quantitative estimate of drug-likeness (QED) is 0.844. The highest BCUT2D eigenvalue weighted by Crippen LogP contribution is 2.37. The second kappa shape index (κ2) is 5.47. The SMILES string of the molecule is CCS(=O)(=O)[C@@](C)(Cl)[C@H](O)c1ccc(OC)cc1. The van der Waals surface area contributed by atoms with Crippen molar-refractivity contribution in [3.05, 3.63) is 29.8 Å². The summed E-state index contributed by atoms with van der Waals surface area (Å²) >= 11 is 6.02. The lowest BCUT2D eigenvalue weighted by molar-refractivity contribution is 0.162. The van der Waals surface area contributed by atoms with E-state index in [1.165, 1.54) is 21.0 Å². The Morgan fingerprint density at radius 1 is 1.39 bits per heavy atom. The molecule has 102 valence electrons. The van der Waals surface area contributed by atoms with Crippen LogP contribution in [-0.2, 0) is 9.84 Å². The maximum atomic E-state index is 11.8. The molecule has 0 spiro atoms. The highest BCUT2D eigenvalue weighted by molar-refractivity contribution is 7.94. The van der Waals surface area contributed by atoms with E-state index in [1.54, 1.807) is 24.3 Å². The van der Waals surface area contributed by atoms with Crippen LogP contribution in [0.1, 0.15) is 25.5 Å². The number of ether oxygens (including phenoxy) is 1. The summed E-state index contributed by atoms with van der Waals surface area (Å²) in [5.74, 6) is 0.501. The van der Waals surface area contributed by atoms with Crippen LogP contribution in [0.4, 0.5) is 0 Å². The third-order valence-electron chi connectivity index (χ3n) is 2.91. The van der Waals surface area contributed by atoms with Crippen LogP contribution in [0, 0.1) is 0 Å². The normalized spacial score (nSPS) is 16.9. The summed E-state index contributed by atoms with van der Waals surface area (Å²) in [6, 6.07) is 6.47. The van der Waals surface area contributed by atoms with Gasteiger partial charge in [0.05, 0.1) is 7.11 Å². The van der Waals surface area contributed by atoms with Crippen molar-refractivity contribution in [2.45, 2.75) is 24.2 Å². The fraction of sp³-hybridized carbons (Fsp3) is 0.500. The number of alkyl halides is 1. The summed E-state index contributed by atoms with van der Waals surface area (Å²) in [4.78, 5) is 0. The zero-order valence-corrected chi connectivity index (χ0v) is 12.1. The van der Waals surface area contributed by atoms with Crippen LogP contribution in [0.3, 0.4) is 0 Å². The Morgan fingerprint density at radius 3 is 2.28 bits per heavy atom. The molecule has 0 aliphatic rings. The first kappa shape index (κ1) is 15.3. The van der Waals surface area contributed by atoms with Crippen LogP contribution >= 0.6 is 11.6 Å². The van der Waals surface area contributed by atoms with Gasteiger partial charge in [-0.05, 0) is 24.6 Å². The van der Waals surface area contributed by atoms with E-state index in [0.717, 1.165) is 0 Å². The maximum absolute atomic E-state index is 11.8. The van der Waals surface area contributed by atoms with Crippen molar-refractivity contribution >= 4 is 21.4 Å². The minimum Gasteiger partial charge on any atom is -0.497 e. The summed E-state index contributed by atoms with van der Waals surface area (Å²) in [6.07, 6.45) is -1.30. The first-order chi connectivity index (χ1) is 8.26. The van der Waals surface area contributed by atoms with Gasteiger partial charge in [-0.3, -0.25) is 0 Å². The van der Waals surface area contributed by atoms with E-state index in [1.807, 2.05) is 0 Å². The van der Waals surface area contributed by atoms with Crippen LogP contribution in [0.2, 0.25) is 0 Å². The number of methoxy groups -OCH3 is 1. The summed E-state index contributed by atoms with van der Waals surface area (Å²) in [5, 5.41) is 10.1. The second-order valence-corrected chi connectivity index (χ2v) is 7.73. The lowest BCUT2D eigenvalue weighted by Gasteiger charge is -2.27. The maximum Gasteiger partial charge on any atom is 0.172 e. The van der Waals surface area contributed by atoms with Crippen LogP contribution in [0.25, 0.3) is 0 Å². The molecule has 0 amide bonds. The van der Waals surface area contributed by atoms with Gasteiger partial charge >= 0.3 is 0 Å². The summed E-state index contributed by atoms with van der Waals surface area (Å²) in [7, 11) is -2.05. The smallest absolute Gasteiger partial charge is 0.172 e. The third kappa shape index (κ3) is 2.79. The van der Waals surface area contributed by atoms with Crippen molar-refractivity contribution in [3.63, 3.8) is 0 Å². The third-order valence-corrected chi connectivity index (χ3v) is 6.02. The van der Waals surface area contributed by atoms with Gasteiger partial charge in [-0.1, -0.05) is 30.7 Å². The summed E-state index contributed by atoms with van der Waals surface area (Å²) in [6.45, 7) is 2.80. The highest BCUT2D eigenvalue weighted by atomic mass is 35.5. The molecule has 1 aromatic carbocycles. The van der Waals surface area contributed by atoms with Gasteiger partial charge in [0.1, 0.15) is 11.9 Å². The Balaban J connectivity index is 3.09. The zero-order valence-electron chi connectivity index (χ0n) is 10.6. The predicted octanol–water partition coefficient (Wildman–Crippen LogP) is 2.12. The van der Waals surface area contributed by atoms with Gasteiger partial charge < -0.3 is 9.84 Å². The van der Waals surface area contributed by atoms with Crippen LogP contribution in [-0.4, -0.2) is 30.6 Å². The van der Waals surface area contributed by atoms with Crippen LogP contribution in [0.15, 0.2) is 24.3 Å². The van der Waals surface area contributed by atoms with E-state index < -0.39 is 20.1 Å². The van der Waals surface area contributed by atoms with Gasteiger partial charge in [0, 0.05) is 5.75 Å². The Kier molecular flexibility index (Phi) is 4.64. The second-order valence-electron chi connectivity index (χ2n) is 4.07. The summed E-state index contributed by atoms with van der Waals surface area (Å²) < 4.78 is 26.9. The Hall–Kier alpha value is -0.780. The first-order valence-electron chi connectivity index (χ1n) is 5.49. The lowest BCUT2D eigenvalue weighted by Crippen LogP contribution is -2.37. The molecule has 0 bridgehead atoms. The molecule has 0 saturated heterocycles. The average molecular weight is 293 g/mol. The molecule has 6 heteroatoms. The van der Waals surface area contributed by atoms with Gasteiger partial charge in [-0.15, -0.1) is 0 Å². The Bertz CT molecular complexity index is 493. The van der Waals surface area contributed by atoms with Gasteiger partial charge in [-0.2, -0.15) is 0 Å². The largest absolute Gasteiger partial charge is 0.497 e. The number of benzene rings is 1. The van der Waals surface area contributed by atoms with Crippen molar-refractivity contribution in [3.8, 4) is 5.75 Å². The van der Waals surface area contributed by atoms with Crippen molar-refractivity contribution in [1.82, 2.24) is 0 Å². The Labute approximate surface area is 112 Å². The van der Waals surface area contributed by atoms with E-state index in [2.05, 4.69) is 0 Å². The fourth-order valence-corrected chi connectivity index (χ4v) is 3.03.